The second kappa shape index (κ2) is 3.83. The molecule has 0 radical (unpaired) electrons. The van der Waals surface area contributed by atoms with Crippen molar-refractivity contribution in [2.45, 2.75) is 43.0 Å². The van der Waals surface area contributed by atoms with Gasteiger partial charge >= 0.3 is 0 Å². The van der Waals surface area contributed by atoms with Crippen molar-refractivity contribution in [1.82, 2.24) is 0 Å². The van der Waals surface area contributed by atoms with Crippen LogP contribution in [-0.4, -0.2) is 10.9 Å². The summed E-state index contributed by atoms with van der Waals surface area (Å²) in [7, 11) is 2.90. The van der Waals surface area contributed by atoms with Gasteiger partial charge in [0.2, 0.25) is 0 Å². The monoisotopic (exact) mass is 162 g/mol. The number of thiol groups is 1. The lowest BCUT2D eigenvalue weighted by atomic mass is 10.2. The van der Waals surface area contributed by atoms with Crippen LogP contribution < -0.4 is 0 Å². The SMILES string of the molecule is PC1CCCCCC1S. The van der Waals surface area contributed by atoms with E-state index in [-0.39, 0.29) is 0 Å². The largest absolute Gasteiger partial charge is 0.175 e. The van der Waals surface area contributed by atoms with E-state index in [9.17, 15) is 0 Å². The van der Waals surface area contributed by atoms with E-state index in [0.717, 1.165) is 5.66 Å². The summed E-state index contributed by atoms with van der Waals surface area (Å²) >= 11 is 4.50. The zero-order chi connectivity index (χ0) is 6.69. The summed E-state index contributed by atoms with van der Waals surface area (Å²) in [6.45, 7) is 0. The third-order valence-electron chi connectivity index (χ3n) is 2.03. The van der Waals surface area contributed by atoms with Gasteiger partial charge in [0.15, 0.2) is 0 Å². The molecule has 0 aliphatic heterocycles. The minimum atomic E-state index is 0.650. The van der Waals surface area contributed by atoms with E-state index >= 15 is 0 Å². The minimum absolute atomic E-state index is 0.650. The van der Waals surface area contributed by atoms with Crippen LogP contribution in [0.25, 0.3) is 0 Å². The first-order valence-corrected chi connectivity index (χ1v) is 4.92. The smallest absolute Gasteiger partial charge is 0.00795 e. The van der Waals surface area contributed by atoms with E-state index in [1.807, 2.05) is 0 Å². The Bertz CT molecular complexity index is 75.0. The molecule has 0 bridgehead atoms. The lowest BCUT2D eigenvalue weighted by Gasteiger charge is -2.13. The molecule has 0 spiro atoms. The quantitative estimate of drug-likeness (QED) is 0.316. The van der Waals surface area contributed by atoms with E-state index in [0.29, 0.717) is 5.25 Å². The Morgan fingerprint density at radius 1 is 1.11 bits per heavy atom. The highest BCUT2D eigenvalue weighted by Crippen LogP contribution is 2.26. The average Bonchev–Trinajstić information content (AvgIpc) is 1.99. The van der Waals surface area contributed by atoms with Gasteiger partial charge < -0.3 is 0 Å². The molecule has 9 heavy (non-hydrogen) atoms. The first-order valence-electron chi connectivity index (χ1n) is 3.74. The van der Waals surface area contributed by atoms with Crippen molar-refractivity contribution < 1.29 is 0 Å². The molecule has 1 fully saturated rings. The van der Waals surface area contributed by atoms with Gasteiger partial charge in [-0.2, -0.15) is 12.6 Å². The van der Waals surface area contributed by atoms with E-state index in [1.165, 1.54) is 32.1 Å². The van der Waals surface area contributed by atoms with Gasteiger partial charge in [-0.1, -0.05) is 19.3 Å². The van der Waals surface area contributed by atoms with Crippen LogP contribution in [0.1, 0.15) is 32.1 Å². The summed E-state index contributed by atoms with van der Waals surface area (Å²) in [4.78, 5) is 0. The summed E-state index contributed by atoms with van der Waals surface area (Å²) in [5, 5.41) is 0.650. The molecule has 0 aromatic heterocycles. The summed E-state index contributed by atoms with van der Waals surface area (Å²) in [6, 6.07) is 0. The first-order chi connectivity index (χ1) is 4.30. The molecule has 2 heteroatoms. The molecule has 0 N–H and O–H groups in total. The second-order valence-corrected chi connectivity index (χ2v) is 4.39. The number of rotatable bonds is 0. The average molecular weight is 162 g/mol. The fourth-order valence-corrected chi connectivity index (χ4v) is 2.08. The van der Waals surface area contributed by atoms with E-state index < -0.39 is 0 Å². The van der Waals surface area contributed by atoms with E-state index in [2.05, 4.69) is 21.9 Å². The van der Waals surface area contributed by atoms with Crippen molar-refractivity contribution in [3.63, 3.8) is 0 Å². The van der Waals surface area contributed by atoms with Gasteiger partial charge in [0.25, 0.3) is 0 Å². The lowest BCUT2D eigenvalue weighted by Crippen LogP contribution is -2.11. The Kier molecular flexibility index (Phi) is 3.35. The second-order valence-electron chi connectivity index (χ2n) is 2.87. The zero-order valence-electron chi connectivity index (χ0n) is 5.71. The van der Waals surface area contributed by atoms with Crippen molar-refractivity contribution >= 4 is 21.9 Å². The molecule has 1 saturated carbocycles. The van der Waals surface area contributed by atoms with Crippen molar-refractivity contribution in [2.75, 3.05) is 0 Å². The molecular weight excluding hydrogens is 147 g/mol. The van der Waals surface area contributed by atoms with E-state index in [1.54, 1.807) is 0 Å². The maximum absolute atomic E-state index is 4.50. The Morgan fingerprint density at radius 3 is 2.56 bits per heavy atom. The Labute approximate surface area is 65.4 Å². The summed E-state index contributed by atoms with van der Waals surface area (Å²) in [6.07, 6.45) is 6.89. The summed E-state index contributed by atoms with van der Waals surface area (Å²) in [5.74, 6) is 0. The third kappa shape index (κ3) is 2.47. The molecule has 54 valence electrons. The molecule has 0 aromatic carbocycles. The maximum Gasteiger partial charge on any atom is 0.00795 e. The minimum Gasteiger partial charge on any atom is -0.175 e. The number of hydrogen-bond donors (Lipinski definition) is 1. The Morgan fingerprint density at radius 2 is 1.78 bits per heavy atom. The molecule has 0 nitrogen and oxygen atoms in total. The van der Waals surface area contributed by atoms with Crippen LogP contribution in [-0.2, 0) is 0 Å². The van der Waals surface area contributed by atoms with Crippen LogP contribution in [0, 0.1) is 0 Å². The molecule has 3 atom stereocenters. The van der Waals surface area contributed by atoms with Gasteiger partial charge in [0.05, 0.1) is 0 Å². The van der Waals surface area contributed by atoms with E-state index in [4.69, 9.17) is 0 Å². The fraction of sp³-hybridized carbons (Fsp3) is 1.00. The highest BCUT2D eigenvalue weighted by atomic mass is 32.1. The van der Waals surface area contributed by atoms with Crippen LogP contribution in [0.15, 0.2) is 0 Å². The third-order valence-corrected chi connectivity index (χ3v) is 3.79. The van der Waals surface area contributed by atoms with Gasteiger partial charge in [-0.15, -0.1) is 9.24 Å². The van der Waals surface area contributed by atoms with Gasteiger partial charge in [-0.3, -0.25) is 0 Å². The Balaban J connectivity index is 2.32. The zero-order valence-corrected chi connectivity index (χ0v) is 7.76. The normalized spacial score (nSPS) is 38.0. The molecule has 1 aliphatic carbocycles. The molecule has 0 saturated heterocycles. The molecular formula is C7H15PS. The summed E-state index contributed by atoms with van der Waals surface area (Å²) in [5.41, 5.74) is 0.774. The number of hydrogen-bond acceptors (Lipinski definition) is 1. The van der Waals surface area contributed by atoms with Gasteiger partial charge in [0.1, 0.15) is 0 Å². The topological polar surface area (TPSA) is 0 Å². The maximum atomic E-state index is 4.50. The lowest BCUT2D eigenvalue weighted by molar-refractivity contribution is 0.704. The Hall–Kier alpha value is 0.780. The van der Waals surface area contributed by atoms with Crippen molar-refractivity contribution in [2.24, 2.45) is 0 Å². The molecule has 1 rings (SSSR count). The van der Waals surface area contributed by atoms with Gasteiger partial charge in [0, 0.05) is 5.25 Å². The van der Waals surface area contributed by atoms with Crippen molar-refractivity contribution in [1.29, 1.82) is 0 Å². The predicted octanol–water partition coefficient (Wildman–Crippen LogP) is 2.49. The first kappa shape index (κ1) is 7.88. The van der Waals surface area contributed by atoms with Crippen LogP contribution >= 0.6 is 21.9 Å². The highest BCUT2D eigenvalue weighted by Gasteiger charge is 2.15. The highest BCUT2D eigenvalue weighted by molar-refractivity contribution is 7.81. The van der Waals surface area contributed by atoms with Gasteiger partial charge in [-0.25, -0.2) is 0 Å². The molecule has 0 amide bonds. The van der Waals surface area contributed by atoms with Crippen LogP contribution in [0.3, 0.4) is 0 Å². The standard InChI is InChI=1S/C7H15PS/c8-6-4-2-1-3-5-7(6)9/h6-7,9H,1-5,8H2. The predicted molar refractivity (Wildman–Crippen MR) is 49.4 cm³/mol. The summed E-state index contributed by atoms with van der Waals surface area (Å²) < 4.78 is 0. The van der Waals surface area contributed by atoms with Crippen LogP contribution in [0.4, 0.5) is 0 Å². The molecule has 3 unspecified atom stereocenters. The van der Waals surface area contributed by atoms with Crippen molar-refractivity contribution in [3.05, 3.63) is 0 Å². The van der Waals surface area contributed by atoms with Crippen molar-refractivity contribution in [3.8, 4) is 0 Å². The fourth-order valence-electron chi connectivity index (χ4n) is 1.32. The van der Waals surface area contributed by atoms with Crippen LogP contribution in [0.2, 0.25) is 0 Å². The van der Waals surface area contributed by atoms with Gasteiger partial charge in [-0.05, 0) is 18.5 Å². The molecule has 0 aromatic rings. The molecule has 0 heterocycles. The molecule has 1 aliphatic rings. The van der Waals surface area contributed by atoms with Crippen LogP contribution in [0.5, 0.6) is 0 Å².